The van der Waals surface area contributed by atoms with E-state index in [1.54, 1.807) is 0 Å². The third-order valence-electron chi connectivity index (χ3n) is 3.34. The minimum absolute atomic E-state index is 0.146. The van der Waals surface area contributed by atoms with E-state index in [4.69, 9.17) is 0 Å². The van der Waals surface area contributed by atoms with Crippen molar-refractivity contribution in [2.24, 2.45) is 11.0 Å². The highest BCUT2D eigenvalue weighted by molar-refractivity contribution is 5.87. The number of aryl methyl sites for hydroxylation is 1. The van der Waals surface area contributed by atoms with Crippen LogP contribution in [0.3, 0.4) is 0 Å². The van der Waals surface area contributed by atoms with Crippen LogP contribution in [0.4, 0.5) is 5.95 Å². The lowest BCUT2D eigenvalue weighted by atomic mass is 9.89. The Hall–Kier alpha value is -2.32. The molecule has 2 rings (SSSR count). The van der Waals surface area contributed by atoms with Gasteiger partial charge in [0.1, 0.15) is 0 Å². The Morgan fingerprint density at radius 2 is 2.48 bits per heavy atom. The predicted octanol–water partition coefficient (Wildman–Crippen LogP) is 1.26. The van der Waals surface area contributed by atoms with E-state index >= 15 is 0 Å². The van der Waals surface area contributed by atoms with Crippen LogP contribution < -0.4 is 5.43 Å². The fourth-order valence-corrected chi connectivity index (χ4v) is 2.25. The van der Waals surface area contributed by atoms with E-state index in [1.807, 2.05) is 0 Å². The van der Waals surface area contributed by atoms with Crippen molar-refractivity contribution < 1.29 is 9.72 Å². The molecule has 0 spiro atoms. The van der Waals surface area contributed by atoms with E-state index in [0.717, 1.165) is 25.0 Å². The molecule has 0 aliphatic heterocycles. The van der Waals surface area contributed by atoms with Crippen molar-refractivity contribution in [3.05, 3.63) is 16.4 Å². The first-order chi connectivity index (χ1) is 10.0. The fourth-order valence-electron chi connectivity index (χ4n) is 2.25. The lowest BCUT2D eigenvalue weighted by Crippen LogP contribution is -2.23. The van der Waals surface area contributed by atoms with Crippen LogP contribution in [0.5, 0.6) is 0 Å². The van der Waals surface area contributed by atoms with Crippen LogP contribution in [0, 0.1) is 16.0 Å². The summed E-state index contributed by atoms with van der Waals surface area (Å²) in [6.45, 7) is 2.40. The number of rotatable bonds is 5. The van der Waals surface area contributed by atoms with Gasteiger partial charge in [-0.15, -0.1) is 0 Å². The second kappa shape index (κ2) is 6.91. The zero-order valence-corrected chi connectivity index (χ0v) is 11.9. The van der Waals surface area contributed by atoms with Gasteiger partial charge < -0.3 is 10.1 Å². The Labute approximate surface area is 121 Å². The van der Waals surface area contributed by atoms with Crippen molar-refractivity contribution in [2.75, 3.05) is 0 Å². The highest BCUT2D eigenvalue weighted by Gasteiger charge is 2.15. The number of nitrogens with one attached hydrogen (secondary N) is 1. The molecule has 0 saturated heterocycles. The zero-order valence-electron chi connectivity index (χ0n) is 11.9. The molecule has 1 saturated carbocycles. The van der Waals surface area contributed by atoms with Crippen LogP contribution in [0.1, 0.15) is 39.0 Å². The van der Waals surface area contributed by atoms with Crippen LogP contribution in [-0.4, -0.2) is 31.3 Å². The van der Waals surface area contributed by atoms with Crippen molar-refractivity contribution in [1.29, 1.82) is 0 Å². The van der Waals surface area contributed by atoms with Crippen LogP contribution in [-0.2, 0) is 11.3 Å². The van der Waals surface area contributed by atoms with Crippen molar-refractivity contribution >= 4 is 17.6 Å². The molecule has 9 heteroatoms. The number of nitro groups is 1. The van der Waals surface area contributed by atoms with E-state index < -0.39 is 10.9 Å². The number of carbonyl (C=O) groups excluding carboxylic acids is 1. The van der Waals surface area contributed by atoms with Gasteiger partial charge in [0, 0.05) is 17.2 Å². The Balaban J connectivity index is 1.76. The number of aromatic nitrogens is 3. The summed E-state index contributed by atoms with van der Waals surface area (Å²) in [6, 6.07) is 0. The number of carbonyl (C=O) groups is 1. The first-order valence-corrected chi connectivity index (χ1v) is 6.92. The number of hydrazone groups is 1. The van der Waals surface area contributed by atoms with Crippen LogP contribution in [0.25, 0.3) is 0 Å². The summed E-state index contributed by atoms with van der Waals surface area (Å²) in [5.74, 6) is -0.0872. The third kappa shape index (κ3) is 4.62. The Kier molecular flexibility index (Phi) is 4.96. The van der Waals surface area contributed by atoms with E-state index in [-0.39, 0.29) is 18.9 Å². The first-order valence-electron chi connectivity index (χ1n) is 6.92. The quantitative estimate of drug-likeness (QED) is 0.648. The highest BCUT2D eigenvalue weighted by Crippen LogP contribution is 2.20. The highest BCUT2D eigenvalue weighted by atomic mass is 16.6. The summed E-state index contributed by atoms with van der Waals surface area (Å²) in [4.78, 5) is 24.9. The summed E-state index contributed by atoms with van der Waals surface area (Å²) in [5.41, 5.74) is 3.55. The van der Waals surface area contributed by atoms with Gasteiger partial charge in [0.25, 0.3) is 0 Å². The molecule has 1 fully saturated rings. The van der Waals surface area contributed by atoms with Crippen LogP contribution >= 0.6 is 0 Å². The summed E-state index contributed by atoms with van der Waals surface area (Å²) in [7, 11) is 0. The van der Waals surface area contributed by atoms with Gasteiger partial charge in [-0.2, -0.15) is 9.78 Å². The number of nitrogens with zero attached hydrogens (tertiary/aromatic N) is 5. The van der Waals surface area contributed by atoms with E-state index in [0.29, 0.717) is 5.92 Å². The van der Waals surface area contributed by atoms with Gasteiger partial charge in [0.2, 0.25) is 12.2 Å². The molecule has 0 radical (unpaired) electrons. The molecule has 1 aliphatic carbocycles. The molecule has 114 valence electrons. The predicted molar refractivity (Wildman–Crippen MR) is 74.5 cm³/mol. The van der Waals surface area contributed by atoms with Crippen molar-refractivity contribution in [3.63, 3.8) is 0 Å². The molecule has 1 aliphatic rings. The van der Waals surface area contributed by atoms with Gasteiger partial charge in [-0.05, 0) is 36.5 Å². The minimum atomic E-state index is -0.674. The maximum absolute atomic E-state index is 11.7. The largest absolute Gasteiger partial charge is 0.490 e. The molecule has 1 aromatic rings. The zero-order chi connectivity index (χ0) is 15.2. The van der Waals surface area contributed by atoms with Crippen LogP contribution in [0.2, 0.25) is 0 Å². The van der Waals surface area contributed by atoms with Crippen molar-refractivity contribution in [3.8, 4) is 0 Å². The smallest absolute Gasteiger partial charge is 0.390 e. The second-order valence-electron chi connectivity index (χ2n) is 5.23. The molecule has 1 N–H and O–H groups in total. The van der Waals surface area contributed by atoms with Gasteiger partial charge in [0.15, 0.2) is 0 Å². The summed E-state index contributed by atoms with van der Waals surface area (Å²) in [6.07, 6.45) is 5.55. The van der Waals surface area contributed by atoms with Gasteiger partial charge in [-0.25, -0.2) is 5.43 Å². The SMILES string of the molecule is CC1CCC/C(=N\NC(=O)CCn2cnc([N+](=O)[O-])n2)C1. The average molecular weight is 294 g/mol. The van der Waals surface area contributed by atoms with Gasteiger partial charge in [0.05, 0.1) is 6.54 Å². The van der Waals surface area contributed by atoms with E-state index in [2.05, 4.69) is 27.5 Å². The molecule has 0 bridgehead atoms. The Morgan fingerprint density at radius 1 is 1.67 bits per heavy atom. The molecule has 9 nitrogen and oxygen atoms in total. The van der Waals surface area contributed by atoms with E-state index in [1.165, 1.54) is 17.4 Å². The maximum Gasteiger partial charge on any atom is 0.490 e. The molecule has 1 aromatic heterocycles. The number of amides is 1. The number of hydrogen-bond acceptors (Lipinski definition) is 6. The molecule has 1 atom stereocenters. The number of hydrogen-bond donors (Lipinski definition) is 1. The summed E-state index contributed by atoms with van der Waals surface area (Å²) < 4.78 is 1.27. The molecular weight excluding hydrogens is 276 g/mol. The van der Waals surface area contributed by atoms with Gasteiger partial charge >= 0.3 is 5.95 Å². The minimum Gasteiger partial charge on any atom is -0.390 e. The topological polar surface area (TPSA) is 115 Å². The van der Waals surface area contributed by atoms with Crippen LogP contribution in [0.15, 0.2) is 11.4 Å². The monoisotopic (exact) mass is 294 g/mol. The lowest BCUT2D eigenvalue weighted by Gasteiger charge is -2.18. The molecule has 1 unspecified atom stereocenters. The normalized spacial score (nSPS) is 20.4. The lowest BCUT2D eigenvalue weighted by molar-refractivity contribution is -0.394. The standard InChI is InChI=1S/C12H18N6O3/c1-9-3-2-4-10(7-9)14-15-11(19)5-6-17-8-13-12(16-17)18(20)21/h8-9H,2-7H2,1H3,(H,15,19)/b14-10+. The Bertz CT molecular complexity index is 553. The average Bonchev–Trinajstić information content (AvgIpc) is 2.92. The molecule has 1 heterocycles. The van der Waals surface area contributed by atoms with Gasteiger partial charge in [-0.1, -0.05) is 11.9 Å². The van der Waals surface area contributed by atoms with Gasteiger partial charge in [-0.3, -0.25) is 4.79 Å². The maximum atomic E-state index is 11.7. The summed E-state index contributed by atoms with van der Waals surface area (Å²) >= 11 is 0. The van der Waals surface area contributed by atoms with Crippen molar-refractivity contribution in [2.45, 2.75) is 45.6 Å². The molecule has 21 heavy (non-hydrogen) atoms. The third-order valence-corrected chi connectivity index (χ3v) is 3.34. The fraction of sp³-hybridized carbons (Fsp3) is 0.667. The molecule has 0 aromatic carbocycles. The first kappa shape index (κ1) is 15.1. The molecule has 1 amide bonds. The summed E-state index contributed by atoms with van der Waals surface area (Å²) in [5, 5.41) is 18.2. The Morgan fingerprint density at radius 3 is 3.14 bits per heavy atom. The van der Waals surface area contributed by atoms with Crippen molar-refractivity contribution in [1.82, 2.24) is 20.2 Å². The molecular formula is C12H18N6O3. The van der Waals surface area contributed by atoms with E-state index in [9.17, 15) is 14.9 Å². The second-order valence-corrected chi connectivity index (χ2v) is 5.23.